The van der Waals surface area contributed by atoms with Gasteiger partial charge in [-0.1, -0.05) is 62.4 Å². The molecule has 2 aromatic rings. The number of allylic oxidation sites excluding steroid dienone is 2. The molecular formula is C19H18. The van der Waals surface area contributed by atoms with Crippen LogP contribution in [0.5, 0.6) is 0 Å². The van der Waals surface area contributed by atoms with E-state index in [1.54, 1.807) is 5.56 Å². The summed E-state index contributed by atoms with van der Waals surface area (Å²) in [5.41, 5.74) is 9.07. The van der Waals surface area contributed by atoms with Crippen molar-refractivity contribution in [2.24, 2.45) is 0 Å². The standard InChI is InChI=1S/C19H18/c1-12(2)14-11-10-13-6-5-9-16-15-7-3-4-8-17(15)19(14)18(13)16/h3-5,7-12,16H,6H2,1-2H3. The predicted octanol–water partition coefficient (Wildman–Crippen LogP) is 5.03. The molecule has 0 aliphatic heterocycles. The average Bonchev–Trinajstić information content (AvgIpc) is 2.77. The van der Waals surface area contributed by atoms with Gasteiger partial charge in [-0.05, 0) is 45.7 Å². The molecule has 2 aliphatic carbocycles. The summed E-state index contributed by atoms with van der Waals surface area (Å²) in [4.78, 5) is 0. The number of hydrogen-bond acceptors (Lipinski definition) is 0. The molecule has 1 unspecified atom stereocenters. The molecule has 0 heteroatoms. The Kier molecular flexibility index (Phi) is 2.23. The predicted molar refractivity (Wildman–Crippen MR) is 80.7 cm³/mol. The van der Waals surface area contributed by atoms with Gasteiger partial charge < -0.3 is 0 Å². The zero-order chi connectivity index (χ0) is 13.0. The van der Waals surface area contributed by atoms with Crippen LogP contribution in [0.4, 0.5) is 0 Å². The Balaban J connectivity index is 2.12. The molecule has 0 nitrogen and oxygen atoms in total. The number of fused-ring (bicyclic) bond motifs is 3. The Morgan fingerprint density at radius 2 is 1.89 bits per heavy atom. The Bertz CT molecular complexity index is 689. The molecule has 0 N–H and O–H groups in total. The Labute approximate surface area is 114 Å². The van der Waals surface area contributed by atoms with Gasteiger partial charge in [0.25, 0.3) is 0 Å². The van der Waals surface area contributed by atoms with Crippen LogP contribution in [0.2, 0.25) is 0 Å². The summed E-state index contributed by atoms with van der Waals surface area (Å²) in [6.45, 7) is 4.60. The van der Waals surface area contributed by atoms with E-state index in [1.165, 1.54) is 27.8 Å². The SMILES string of the molecule is CC(C)c1ccc2c3c1-c1ccccc1C3C=CC2. The van der Waals surface area contributed by atoms with Gasteiger partial charge in [0, 0.05) is 5.92 Å². The second-order valence-electron chi connectivity index (χ2n) is 5.95. The monoisotopic (exact) mass is 246 g/mol. The molecule has 0 saturated carbocycles. The lowest BCUT2D eigenvalue weighted by Crippen LogP contribution is -2.04. The summed E-state index contributed by atoms with van der Waals surface area (Å²) in [5, 5.41) is 0. The summed E-state index contributed by atoms with van der Waals surface area (Å²) in [7, 11) is 0. The summed E-state index contributed by atoms with van der Waals surface area (Å²) in [5.74, 6) is 1.08. The van der Waals surface area contributed by atoms with Crippen molar-refractivity contribution in [2.75, 3.05) is 0 Å². The Morgan fingerprint density at radius 3 is 2.74 bits per heavy atom. The molecule has 4 rings (SSSR count). The van der Waals surface area contributed by atoms with E-state index in [0.717, 1.165) is 6.42 Å². The first-order valence-electron chi connectivity index (χ1n) is 7.19. The Morgan fingerprint density at radius 1 is 1.05 bits per heavy atom. The van der Waals surface area contributed by atoms with Gasteiger partial charge in [0.05, 0.1) is 0 Å². The summed E-state index contributed by atoms with van der Waals surface area (Å²) in [6.07, 6.45) is 5.81. The van der Waals surface area contributed by atoms with Gasteiger partial charge in [-0.3, -0.25) is 0 Å². The van der Waals surface area contributed by atoms with Crippen molar-refractivity contribution in [2.45, 2.75) is 32.1 Å². The summed E-state index contributed by atoms with van der Waals surface area (Å²) < 4.78 is 0. The Hall–Kier alpha value is -1.82. The molecule has 0 spiro atoms. The van der Waals surface area contributed by atoms with Gasteiger partial charge in [0.15, 0.2) is 0 Å². The van der Waals surface area contributed by atoms with Crippen LogP contribution < -0.4 is 0 Å². The fourth-order valence-corrected chi connectivity index (χ4v) is 3.68. The van der Waals surface area contributed by atoms with Crippen LogP contribution in [-0.4, -0.2) is 0 Å². The lowest BCUT2D eigenvalue weighted by molar-refractivity contribution is 0.863. The molecule has 0 bridgehead atoms. The lowest BCUT2D eigenvalue weighted by Gasteiger charge is -2.20. The second-order valence-corrected chi connectivity index (χ2v) is 5.95. The lowest BCUT2D eigenvalue weighted by atomic mass is 9.84. The quantitative estimate of drug-likeness (QED) is 0.619. The fraction of sp³-hybridized carbons (Fsp3) is 0.263. The molecule has 94 valence electrons. The van der Waals surface area contributed by atoms with Crippen LogP contribution in [0.1, 0.15) is 47.9 Å². The maximum absolute atomic E-state index is 2.39. The minimum absolute atomic E-state index is 0.494. The van der Waals surface area contributed by atoms with E-state index in [2.05, 4.69) is 62.4 Å². The van der Waals surface area contributed by atoms with Crippen molar-refractivity contribution in [1.29, 1.82) is 0 Å². The average molecular weight is 246 g/mol. The molecule has 0 aromatic heterocycles. The maximum Gasteiger partial charge on any atom is 0.0284 e. The smallest absolute Gasteiger partial charge is 0.0284 e. The first-order chi connectivity index (χ1) is 9.27. The van der Waals surface area contributed by atoms with Crippen molar-refractivity contribution in [3.05, 3.63) is 70.8 Å². The van der Waals surface area contributed by atoms with Crippen molar-refractivity contribution in [3.8, 4) is 11.1 Å². The van der Waals surface area contributed by atoms with Gasteiger partial charge in [-0.15, -0.1) is 0 Å². The highest BCUT2D eigenvalue weighted by Gasteiger charge is 2.32. The zero-order valence-corrected chi connectivity index (χ0v) is 11.5. The van der Waals surface area contributed by atoms with Crippen LogP contribution in [0.3, 0.4) is 0 Å². The van der Waals surface area contributed by atoms with Crippen molar-refractivity contribution in [3.63, 3.8) is 0 Å². The molecule has 1 atom stereocenters. The minimum atomic E-state index is 0.494. The van der Waals surface area contributed by atoms with Crippen molar-refractivity contribution >= 4 is 0 Å². The van der Waals surface area contributed by atoms with Crippen LogP contribution in [0, 0.1) is 0 Å². The van der Waals surface area contributed by atoms with Crippen molar-refractivity contribution in [1.82, 2.24) is 0 Å². The fourth-order valence-electron chi connectivity index (χ4n) is 3.68. The molecular weight excluding hydrogens is 228 g/mol. The largest absolute Gasteiger partial charge is 0.0832 e. The first-order valence-corrected chi connectivity index (χ1v) is 7.19. The van der Waals surface area contributed by atoms with E-state index >= 15 is 0 Å². The molecule has 2 aromatic carbocycles. The van der Waals surface area contributed by atoms with E-state index < -0.39 is 0 Å². The first kappa shape index (κ1) is 11.0. The van der Waals surface area contributed by atoms with E-state index in [4.69, 9.17) is 0 Å². The van der Waals surface area contributed by atoms with E-state index in [0.29, 0.717) is 11.8 Å². The topological polar surface area (TPSA) is 0 Å². The van der Waals surface area contributed by atoms with E-state index in [9.17, 15) is 0 Å². The van der Waals surface area contributed by atoms with Crippen LogP contribution in [-0.2, 0) is 6.42 Å². The molecule has 0 radical (unpaired) electrons. The minimum Gasteiger partial charge on any atom is -0.0832 e. The molecule has 0 saturated heterocycles. The zero-order valence-electron chi connectivity index (χ0n) is 11.5. The molecule has 0 fully saturated rings. The third kappa shape index (κ3) is 1.40. The van der Waals surface area contributed by atoms with Gasteiger partial charge in [-0.25, -0.2) is 0 Å². The van der Waals surface area contributed by atoms with Crippen LogP contribution in [0.25, 0.3) is 11.1 Å². The van der Waals surface area contributed by atoms with Gasteiger partial charge >= 0.3 is 0 Å². The number of hydrogen-bond donors (Lipinski definition) is 0. The van der Waals surface area contributed by atoms with Crippen LogP contribution >= 0.6 is 0 Å². The molecule has 2 aliphatic rings. The van der Waals surface area contributed by atoms with Crippen LogP contribution in [0.15, 0.2) is 48.6 Å². The van der Waals surface area contributed by atoms with E-state index in [-0.39, 0.29) is 0 Å². The summed E-state index contributed by atoms with van der Waals surface area (Å²) in [6, 6.07) is 13.6. The highest BCUT2D eigenvalue weighted by molar-refractivity contribution is 5.84. The normalized spacial score (nSPS) is 18.6. The number of rotatable bonds is 1. The van der Waals surface area contributed by atoms with Gasteiger partial charge in [0.1, 0.15) is 0 Å². The van der Waals surface area contributed by atoms with Gasteiger partial charge in [-0.2, -0.15) is 0 Å². The summed E-state index contributed by atoms with van der Waals surface area (Å²) >= 11 is 0. The van der Waals surface area contributed by atoms with E-state index in [1.807, 2.05) is 0 Å². The maximum atomic E-state index is 2.39. The molecule has 0 amide bonds. The van der Waals surface area contributed by atoms with Gasteiger partial charge in [0.2, 0.25) is 0 Å². The highest BCUT2D eigenvalue weighted by atomic mass is 14.4. The molecule has 19 heavy (non-hydrogen) atoms. The molecule has 0 heterocycles. The third-order valence-corrected chi connectivity index (χ3v) is 4.53. The third-order valence-electron chi connectivity index (χ3n) is 4.53. The highest BCUT2D eigenvalue weighted by Crippen LogP contribution is 2.51. The van der Waals surface area contributed by atoms with Crippen molar-refractivity contribution < 1.29 is 0 Å². The second kappa shape index (κ2) is 3.84. The number of benzene rings is 2.